The van der Waals surface area contributed by atoms with E-state index in [0.29, 0.717) is 11.3 Å². The lowest BCUT2D eigenvalue weighted by atomic mass is 9.92. The Morgan fingerprint density at radius 3 is 2.35 bits per heavy atom. The molecule has 1 aliphatic carbocycles. The fourth-order valence-electron chi connectivity index (χ4n) is 1.83. The van der Waals surface area contributed by atoms with Crippen LogP contribution < -0.4 is 11.1 Å². The SMILES string of the molecule is NC1CCC(Nc2nnc(C(F)(F)F)s2)CC1. The van der Waals surface area contributed by atoms with Gasteiger partial charge in [-0.1, -0.05) is 11.3 Å². The normalized spacial score (nSPS) is 25.9. The summed E-state index contributed by atoms with van der Waals surface area (Å²) in [4.78, 5) is 0. The van der Waals surface area contributed by atoms with E-state index in [1.807, 2.05) is 0 Å². The molecule has 0 aliphatic heterocycles. The van der Waals surface area contributed by atoms with Crippen molar-refractivity contribution in [2.24, 2.45) is 5.73 Å². The van der Waals surface area contributed by atoms with Gasteiger partial charge in [0.2, 0.25) is 10.1 Å². The smallest absolute Gasteiger partial charge is 0.357 e. The summed E-state index contributed by atoms with van der Waals surface area (Å²) in [6, 6.07) is 0.372. The van der Waals surface area contributed by atoms with Crippen LogP contribution in [0.2, 0.25) is 0 Å². The van der Waals surface area contributed by atoms with Crippen LogP contribution in [-0.4, -0.2) is 22.3 Å². The molecule has 3 N–H and O–H groups in total. The maximum absolute atomic E-state index is 12.3. The first-order valence-electron chi connectivity index (χ1n) is 5.38. The number of rotatable bonds is 2. The summed E-state index contributed by atoms with van der Waals surface area (Å²) in [5, 5.41) is 8.93. The van der Waals surface area contributed by atoms with E-state index in [1.165, 1.54) is 0 Å². The van der Waals surface area contributed by atoms with Gasteiger partial charge in [-0.25, -0.2) is 0 Å². The average molecular weight is 266 g/mol. The van der Waals surface area contributed by atoms with Gasteiger partial charge in [0, 0.05) is 12.1 Å². The number of halogens is 3. The van der Waals surface area contributed by atoms with E-state index >= 15 is 0 Å². The van der Waals surface area contributed by atoms with E-state index in [2.05, 4.69) is 15.5 Å². The number of nitrogens with two attached hydrogens (primary N) is 1. The number of nitrogens with zero attached hydrogens (tertiary/aromatic N) is 2. The van der Waals surface area contributed by atoms with E-state index in [0.717, 1.165) is 25.7 Å². The van der Waals surface area contributed by atoms with Gasteiger partial charge >= 0.3 is 6.18 Å². The Hall–Kier alpha value is -0.890. The van der Waals surface area contributed by atoms with Gasteiger partial charge < -0.3 is 11.1 Å². The molecule has 0 aromatic carbocycles. The summed E-state index contributed by atoms with van der Waals surface area (Å²) < 4.78 is 36.9. The van der Waals surface area contributed by atoms with E-state index in [1.54, 1.807) is 0 Å². The molecule has 2 rings (SSSR count). The zero-order chi connectivity index (χ0) is 12.5. The van der Waals surface area contributed by atoms with Crippen molar-refractivity contribution in [2.75, 3.05) is 5.32 Å². The maximum atomic E-state index is 12.3. The highest BCUT2D eigenvalue weighted by Gasteiger charge is 2.35. The second-order valence-corrected chi connectivity index (χ2v) is 5.14. The molecule has 0 atom stereocenters. The first kappa shape index (κ1) is 12.6. The molecule has 1 aliphatic rings. The van der Waals surface area contributed by atoms with Crippen LogP contribution in [0.15, 0.2) is 0 Å². The Morgan fingerprint density at radius 2 is 1.82 bits per heavy atom. The lowest BCUT2D eigenvalue weighted by Gasteiger charge is -2.26. The van der Waals surface area contributed by atoms with Crippen molar-refractivity contribution in [1.29, 1.82) is 0 Å². The van der Waals surface area contributed by atoms with Crippen LogP contribution in [0.25, 0.3) is 0 Å². The van der Waals surface area contributed by atoms with Crippen molar-refractivity contribution < 1.29 is 13.2 Å². The van der Waals surface area contributed by atoms with Crippen LogP contribution in [0.4, 0.5) is 18.3 Å². The topological polar surface area (TPSA) is 63.8 Å². The third kappa shape index (κ3) is 3.29. The van der Waals surface area contributed by atoms with Gasteiger partial charge in [0.05, 0.1) is 0 Å². The molecule has 1 aromatic heterocycles. The molecule has 0 unspecified atom stereocenters. The van der Waals surface area contributed by atoms with Crippen molar-refractivity contribution >= 4 is 16.5 Å². The lowest BCUT2D eigenvalue weighted by molar-refractivity contribution is -0.138. The Balaban J connectivity index is 1.93. The summed E-state index contributed by atoms with van der Waals surface area (Å²) >= 11 is 0.545. The fourth-order valence-corrected chi connectivity index (χ4v) is 2.52. The molecule has 0 radical (unpaired) electrons. The fraction of sp³-hybridized carbons (Fsp3) is 0.778. The second kappa shape index (κ2) is 4.77. The van der Waals surface area contributed by atoms with Gasteiger partial charge in [0.15, 0.2) is 0 Å². The monoisotopic (exact) mass is 266 g/mol. The predicted molar refractivity (Wildman–Crippen MR) is 58.8 cm³/mol. The summed E-state index contributed by atoms with van der Waals surface area (Å²) in [7, 11) is 0. The largest absolute Gasteiger partial charge is 0.445 e. The van der Waals surface area contributed by atoms with Gasteiger partial charge in [0.25, 0.3) is 0 Å². The molecule has 96 valence electrons. The van der Waals surface area contributed by atoms with Crippen molar-refractivity contribution in [2.45, 2.75) is 43.9 Å². The minimum absolute atomic E-state index is 0.156. The summed E-state index contributed by atoms with van der Waals surface area (Å²) in [6.45, 7) is 0. The molecule has 0 saturated heterocycles. The maximum Gasteiger partial charge on any atom is 0.445 e. The molecule has 0 amide bonds. The summed E-state index contributed by atoms with van der Waals surface area (Å²) in [6.07, 6.45) is -0.901. The van der Waals surface area contributed by atoms with E-state index in [-0.39, 0.29) is 17.2 Å². The van der Waals surface area contributed by atoms with Gasteiger partial charge in [-0.15, -0.1) is 10.2 Å². The second-order valence-electron chi connectivity index (χ2n) is 4.17. The van der Waals surface area contributed by atoms with Crippen LogP contribution in [0, 0.1) is 0 Å². The lowest BCUT2D eigenvalue weighted by Crippen LogP contribution is -2.32. The average Bonchev–Trinajstić information content (AvgIpc) is 2.69. The number of anilines is 1. The van der Waals surface area contributed by atoms with Gasteiger partial charge in [0.1, 0.15) is 0 Å². The zero-order valence-corrected chi connectivity index (χ0v) is 9.81. The van der Waals surface area contributed by atoms with Gasteiger partial charge in [-0.2, -0.15) is 13.2 Å². The minimum Gasteiger partial charge on any atom is -0.357 e. The first-order chi connectivity index (χ1) is 7.95. The third-order valence-corrected chi connectivity index (χ3v) is 3.67. The Labute approximate surface area is 100 Å². The van der Waals surface area contributed by atoms with Crippen LogP contribution in [0.5, 0.6) is 0 Å². The zero-order valence-electron chi connectivity index (χ0n) is 9.00. The third-order valence-electron chi connectivity index (χ3n) is 2.77. The van der Waals surface area contributed by atoms with Crippen molar-refractivity contribution in [1.82, 2.24) is 10.2 Å². The Bertz CT molecular complexity index is 371. The molecule has 1 saturated carbocycles. The molecule has 17 heavy (non-hydrogen) atoms. The predicted octanol–water partition coefficient (Wildman–Crippen LogP) is 2.24. The molecule has 0 spiro atoms. The summed E-state index contributed by atoms with van der Waals surface area (Å²) in [5.74, 6) is 0. The molecule has 4 nitrogen and oxygen atoms in total. The molecule has 1 fully saturated rings. The van der Waals surface area contributed by atoms with Crippen molar-refractivity contribution in [3.63, 3.8) is 0 Å². The Kier molecular flexibility index (Phi) is 3.53. The van der Waals surface area contributed by atoms with E-state index in [9.17, 15) is 13.2 Å². The van der Waals surface area contributed by atoms with Crippen LogP contribution in [0.3, 0.4) is 0 Å². The molecular weight excluding hydrogens is 253 g/mol. The number of alkyl halides is 3. The minimum atomic E-state index is -4.41. The van der Waals surface area contributed by atoms with E-state index in [4.69, 9.17) is 5.73 Å². The molecule has 1 aromatic rings. The van der Waals surface area contributed by atoms with Crippen molar-refractivity contribution in [3.05, 3.63) is 5.01 Å². The highest BCUT2D eigenvalue weighted by Crippen LogP contribution is 2.33. The van der Waals surface area contributed by atoms with E-state index < -0.39 is 11.2 Å². The van der Waals surface area contributed by atoms with Crippen molar-refractivity contribution in [3.8, 4) is 0 Å². The van der Waals surface area contributed by atoms with Crippen LogP contribution in [0.1, 0.15) is 30.7 Å². The van der Waals surface area contributed by atoms with Crippen LogP contribution >= 0.6 is 11.3 Å². The number of hydrogen-bond acceptors (Lipinski definition) is 5. The number of nitrogens with one attached hydrogen (secondary N) is 1. The van der Waals surface area contributed by atoms with Crippen LogP contribution in [-0.2, 0) is 6.18 Å². The van der Waals surface area contributed by atoms with Gasteiger partial charge in [-0.3, -0.25) is 0 Å². The van der Waals surface area contributed by atoms with Gasteiger partial charge in [-0.05, 0) is 25.7 Å². The number of aromatic nitrogens is 2. The Morgan fingerprint density at radius 1 is 1.18 bits per heavy atom. The molecule has 1 heterocycles. The molecular formula is C9H13F3N4S. The number of hydrogen-bond donors (Lipinski definition) is 2. The quantitative estimate of drug-likeness (QED) is 0.861. The first-order valence-corrected chi connectivity index (χ1v) is 6.19. The molecule has 8 heteroatoms. The highest BCUT2D eigenvalue weighted by atomic mass is 32.1. The molecule has 0 bridgehead atoms. The highest BCUT2D eigenvalue weighted by molar-refractivity contribution is 7.15. The summed E-state index contributed by atoms with van der Waals surface area (Å²) in [5.41, 5.74) is 5.75. The standard InChI is InChI=1S/C9H13F3N4S/c10-9(11,12)7-15-16-8(17-7)14-6-3-1-5(13)2-4-6/h5-6H,1-4,13H2,(H,14,16).